The zero-order chi connectivity index (χ0) is 13.1. The predicted molar refractivity (Wildman–Crippen MR) is 66.4 cm³/mol. The summed E-state index contributed by atoms with van der Waals surface area (Å²) in [4.78, 5) is 12.3. The molecule has 2 atom stereocenters. The van der Waals surface area contributed by atoms with E-state index < -0.39 is 11.0 Å². The molecular formula is C13H25NO3. The molecule has 1 saturated carbocycles. The van der Waals surface area contributed by atoms with Gasteiger partial charge in [0.05, 0.1) is 5.41 Å². The van der Waals surface area contributed by atoms with Crippen LogP contribution in [0, 0.1) is 11.3 Å². The molecule has 17 heavy (non-hydrogen) atoms. The average Bonchev–Trinajstić information content (AvgIpc) is 2.26. The van der Waals surface area contributed by atoms with Crippen molar-refractivity contribution in [3.05, 3.63) is 0 Å². The average molecular weight is 243 g/mol. The summed E-state index contributed by atoms with van der Waals surface area (Å²) in [6.07, 6.45) is 3.61. The maximum atomic E-state index is 12.3. The zero-order valence-electron chi connectivity index (χ0n) is 11.2. The molecule has 2 unspecified atom stereocenters. The Hall–Kier alpha value is -0.610. The molecule has 3 N–H and O–H groups in total. The fourth-order valence-corrected chi connectivity index (χ4v) is 2.58. The summed E-state index contributed by atoms with van der Waals surface area (Å²) in [5, 5.41) is 9.44. The number of rotatable bonds is 3. The minimum absolute atomic E-state index is 0.0104. The molecule has 0 saturated heterocycles. The normalized spacial score (nSPS) is 30.1. The van der Waals surface area contributed by atoms with E-state index in [1.807, 2.05) is 20.8 Å². The highest BCUT2D eigenvalue weighted by Gasteiger charge is 2.47. The van der Waals surface area contributed by atoms with Gasteiger partial charge < -0.3 is 15.6 Å². The Morgan fingerprint density at radius 1 is 1.47 bits per heavy atom. The largest absolute Gasteiger partial charge is 0.459 e. The van der Waals surface area contributed by atoms with E-state index in [1.165, 1.54) is 0 Å². The molecule has 1 aliphatic rings. The standard InChI is InChI=1S/C13H25NO3/c1-12(2,3)17-11(16)13(9-14)7-5-4-6-10(13)8-15/h10,15H,4-9,14H2,1-3H3. The molecule has 0 aromatic rings. The SMILES string of the molecule is CC(C)(C)OC(=O)C1(CN)CCCCC1CO. The molecule has 1 aliphatic carbocycles. The molecule has 4 nitrogen and oxygen atoms in total. The van der Waals surface area contributed by atoms with Crippen molar-refractivity contribution in [3.63, 3.8) is 0 Å². The quantitative estimate of drug-likeness (QED) is 0.736. The van der Waals surface area contributed by atoms with Gasteiger partial charge in [-0.2, -0.15) is 0 Å². The number of hydrogen-bond acceptors (Lipinski definition) is 4. The molecule has 100 valence electrons. The number of carbonyl (C=O) groups is 1. The summed E-state index contributed by atoms with van der Waals surface area (Å²) in [5.74, 6) is -0.303. The Morgan fingerprint density at radius 2 is 2.12 bits per heavy atom. The van der Waals surface area contributed by atoms with E-state index >= 15 is 0 Å². The highest BCUT2D eigenvalue weighted by Crippen LogP contribution is 2.42. The number of hydrogen-bond donors (Lipinski definition) is 2. The van der Waals surface area contributed by atoms with Crippen LogP contribution in [0.25, 0.3) is 0 Å². The second-order valence-electron chi connectivity index (χ2n) is 5.99. The lowest BCUT2D eigenvalue weighted by Gasteiger charge is -2.41. The first-order valence-corrected chi connectivity index (χ1v) is 6.40. The van der Waals surface area contributed by atoms with Crippen molar-refractivity contribution >= 4 is 5.97 Å². The third-order valence-corrected chi connectivity index (χ3v) is 3.60. The Labute approximate surface area is 104 Å². The zero-order valence-corrected chi connectivity index (χ0v) is 11.2. The van der Waals surface area contributed by atoms with Crippen molar-refractivity contribution in [3.8, 4) is 0 Å². The number of aliphatic hydroxyl groups excluding tert-OH is 1. The van der Waals surface area contributed by atoms with E-state index in [1.54, 1.807) is 0 Å². The number of aliphatic hydroxyl groups is 1. The number of esters is 1. The van der Waals surface area contributed by atoms with Crippen molar-refractivity contribution in [1.29, 1.82) is 0 Å². The minimum atomic E-state index is -0.680. The molecule has 0 bridgehead atoms. The molecule has 0 heterocycles. The Morgan fingerprint density at radius 3 is 2.59 bits per heavy atom. The van der Waals surface area contributed by atoms with Crippen LogP contribution in [0.4, 0.5) is 0 Å². The lowest BCUT2D eigenvalue weighted by Crippen LogP contribution is -2.50. The summed E-state index contributed by atoms with van der Waals surface area (Å²) >= 11 is 0. The molecule has 0 aliphatic heterocycles. The van der Waals surface area contributed by atoms with Crippen LogP contribution in [0.3, 0.4) is 0 Å². The predicted octanol–water partition coefficient (Wildman–Crippen LogP) is 1.46. The third-order valence-electron chi connectivity index (χ3n) is 3.60. The van der Waals surface area contributed by atoms with Crippen LogP contribution < -0.4 is 5.73 Å². The number of carbonyl (C=O) groups excluding carboxylic acids is 1. The van der Waals surface area contributed by atoms with Crippen molar-refractivity contribution in [2.75, 3.05) is 13.2 Å². The van der Waals surface area contributed by atoms with Crippen LogP contribution in [0.2, 0.25) is 0 Å². The smallest absolute Gasteiger partial charge is 0.314 e. The van der Waals surface area contributed by atoms with Gasteiger partial charge in [0.25, 0.3) is 0 Å². The van der Waals surface area contributed by atoms with Crippen LogP contribution in [-0.2, 0) is 9.53 Å². The fraction of sp³-hybridized carbons (Fsp3) is 0.923. The van der Waals surface area contributed by atoms with Crippen LogP contribution in [0.5, 0.6) is 0 Å². The van der Waals surface area contributed by atoms with Gasteiger partial charge in [-0.15, -0.1) is 0 Å². The van der Waals surface area contributed by atoms with Gasteiger partial charge >= 0.3 is 5.97 Å². The van der Waals surface area contributed by atoms with E-state index in [4.69, 9.17) is 10.5 Å². The Balaban J connectivity index is 2.88. The summed E-state index contributed by atoms with van der Waals surface area (Å²) in [6, 6.07) is 0. The summed E-state index contributed by atoms with van der Waals surface area (Å²) in [5.41, 5.74) is 4.63. The number of ether oxygens (including phenoxy) is 1. The molecule has 0 spiro atoms. The summed E-state index contributed by atoms with van der Waals surface area (Å²) < 4.78 is 5.47. The van der Waals surface area contributed by atoms with Gasteiger partial charge in [-0.1, -0.05) is 12.8 Å². The molecular weight excluding hydrogens is 218 g/mol. The lowest BCUT2D eigenvalue weighted by molar-refractivity contribution is -0.174. The summed E-state index contributed by atoms with van der Waals surface area (Å²) in [6.45, 7) is 5.83. The highest BCUT2D eigenvalue weighted by molar-refractivity contribution is 5.78. The molecule has 1 rings (SSSR count). The first-order chi connectivity index (χ1) is 7.85. The Kier molecular flexibility index (Phi) is 4.55. The highest BCUT2D eigenvalue weighted by atomic mass is 16.6. The van der Waals surface area contributed by atoms with E-state index in [2.05, 4.69) is 0 Å². The molecule has 0 radical (unpaired) electrons. The van der Waals surface area contributed by atoms with Gasteiger partial charge in [0, 0.05) is 13.2 Å². The van der Waals surface area contributed by atoms with Gasteiger partial charge in [0.1, 0.15) is 5.60 Å². The molecule has 4 heteroatoms. The van der Waals surface area contributed by atoms with Crippen LogP contribution in [-0.4, -0.2) is 29.8 Å². The lowest BCUT2D eigenvalue weighted by atomic mass is 9.66. The third kappa shape index (κ3) is 3.19. The minimum Gasteiger partial charge on any atom is -0.459 e. The van der Waals surface area contributed by atoms with E-state index in [0.29, 0.717) is 0 Å². The van der Waals surface area contributed by atoms with Crippen molar-refractivity contribution in [2.24, 2.45) is 17.1 Å². The van der Waals surface area contributed by atoms with E-state index in [-0.39, 0.29) is 25.0 Å². The van der Waals surface area contributed by atoms with Crippen LogP contribution in [0.15, 0.2) is 0 Å². The van der Waals surface area contributed by atoms with Crippen LogP contribution >= 0.6 is 0 Å². The molecule has 0 amide bonds. The topological polar surface area (TPSA) is 72.5 Å². The molecule has 0 aromatic heterocycles. The maximum absolute atomic E-state index is 12.3. The van der Waals surface area contributed by atoms with Crippen molar-refractivity contribution in [1.82, 2.24) is 0 Å². The summed E-state index contributed by atoms with van der Waals surface area (Å²) in [7, 11) is 0. The molecule has 1 fully saturated rings. The Bertz CT molecular complexity index is 272. The number of nitrogens with two attached hydrogens (primary N) is 1. The second-order valence-corrected chi connectivity index (χ2v) is 5.99. The monoisotopic (exact) mass is 243 g/mol. The van der Waals surface area contributed by atoms with Gasteiger partial charge in [0.15, 0.2) is 0 Å². The van der Waals surface area contributed by atoms with E-state index in [0.717, 1.165) is 25.7 Å². The molecule has 0 aromatic carbocycles. The van der Waals surface area contributed by atoms with Crippen LogP contribution in [0.1, 0.15) is 46.5 Å². The van der Waals surface area contributed by atoms with Gasteiger partial charge in [-0.25, -0.2) is 0 Å². The van der Waals surface area contributed by atoms with Gasteiger partial charge in [-0.3, -0.25) is 4.79 Å². The van der Waals surface area contributed by atoms with Gasteiger partial charge in [-0.05, 0) is 39.5 Å². The van der Waals surface area contributed by atoms with Crippen molar-refractivity contribution < 1.29 is 14.6 Å². The fourth-order valence-electron chi connectivity index (χ4n) is 2.58. The second kappa shape index (κ2) is 5.36. The maximum Gasteiger partial charge on any atom is 0.314 e. The first kappa shape index (κ1) is 14.5. The van der Waals surface area contributed by atoms with Gasteiger partial charge in [0.2, 0.25) is 0 Å². The first-order valence-electron chi connectivity index (χ1n) is 6.40. The van der Waals surface area contributed by atoms with Crippen molar-refractivity contribution in [2.45, 2.75) is 52.1 Å². The van der Waals surface area contributed by atoms with E-state index in [9.17, 15) is 9.90 Å².